The Labute approximate surface area is 859 Å². The molecule has 0 atom stereocenters. The second kappa shape index (κ2) is 50.5. The topological polar surface area (TPSA) is 518 Å². The van der Waals surface area contributed by atoms with Gasteiger partial charge in [-0.25, -0.2) is 0 Å². The zero-order chi connectivity index (χ0) is 105. The molecule has 7 aromatic rings. The van der Waals surface area contributed by atoms with E-state index in [1.165, 1.54) is 38.1 Å². The normalized spacial score (nSPS) is 17.7. The van der Waals surface area contributed by atoms with E-state index in [4.69, 9.17) is 31.2 Å². The average Bonchev–Trinajstić information content (AvgIpc) is 1.56. The van der Waals surface area contributed by atoms with Crippen molar-refractivity contribution in [1.29, 1.82) is 5.39 Å². The van der Waals surface area contributed by atoms with Gasteiger partial charge in [0.2, 0.25) is 40.8 Å². The maximum absolute atomic E-state index is 12.9. The van der Waals surface area contributed by atoms with Gasteiger partial charge in [-0.05, 0) is 330 Å². The van der Waals surface area contributed by atoms with Crippen molar-refractivity contribution in [2.75, 3.05) is 47.6 Å². The van der Waals surface area contributed by atoms with E-state index in [0.29, 0.717) is 53.2 Å². The number of rotatable bonds is 9. The van der Waals surface area contributed by atoms with Gasteiger partial charge in [0.15, 0.2) is 22.3 Å². The Morgan fingerprint density at radius 1 is 0.500 bits per heavy atom. The number of H-pyrrole nitrogens is 1. The minimum Gasteiger partial charge on any atom is -1.00 e. The van der Waals surface area contributed by atoms with Gasteiger partial charge in [0.05, 0.1) is 60.0 Å². The number of anilines is 8. The summed E-state index contributed by atoms with van der Waals surface area (Å²) in [6.45, 7) is 48.0. The van der Waals surface area contributed by atoms with E-state index in [2.05, 4.69) is 56.5 Å². The van der Waals surface area contributed by atoms with Crippen LogP contribution < -0.4 is 88.0 Å². The van der Waals surface area contributed by atoms with Crippen molar-refractivity contribution in [2.24, 2.45) is 5.10 Å². The number of carboxylic acids is 1. The third-order valence-corrected chi connectivity index (χ3v) is 25.5. The number of esters is 2. The number of ketones is 3. The summed E-state index contributed by atoms with van der Waals surface area (Å²) in [7, 11) is 0. The van der Waals surface area contributed by atoms with Crippen molar-refractivity contribution in [1.82, 2.24) is 4.98 Å². The molecular formula is C105H140ClN14NaO21. The first-order valence-electron chi connectivity index (χ1n) is 47.2. The number of aromatic nitrogens is 1. The summed E-state index contributed by atoms with van der Waals surface area (Å²) < 4.78 is 3.97. The van der Waals surface area contributed by atoms with Crippen LogP contribution in [0, 0.1) is 25.6 Å². The summed E-state index contributed by atoms with van der Waals surface area (Å²) >= 11 is 0. The van der Waals surface area contributed by atoms with Gasteiger partial charge in [-0.2, -0.15) is 5.10 Å². The molecule has 6 aromatic carbocycles. The Morgan fingerprint density at radius 3 is 1.29 bits per heavy atom. The van der Waals surface area contributed by atoms with Crippen molar-refractivity contribution >= 4 is 150 Å². The number of nitro groups is 2. The van der Waals surface area contributed by atoms with Gasteiger partial charge in [-0.15, -0.1) is 0 Å². The monoisotopic (exact) mass is 1990 g/mol. The number of aryl methyl sites for hydroxylation is 1. The molecule has 6 aliphatic heterocycles. The van der Waals surface area contributed by atoms with E-state index in [1.54, 1.807) is 68.7 Å². The Morgan fingerprint density at radius 2 is 0.859 bits per heavy atom. The maximum atomic E-state index is 12.9. The number of aromatic amines is 1. The number of carbonyl (C=O) groups is 12. The first kappa shape index (κ1) is 122. The minimum atomic E-state index is -1.08. The van der Waals surface area contributed by atoms with Crippen LogP contribution in [0.5, 0.6) is 0 Å². The van der Waals surface area contributed by atoms with Gasteiger partial charge in [-0.3, -0.25) is 78.4 Å². The van der Waals surface area contributed by atoms with Crippen LogP contribution in [0.1, 0.15) is 313 Å². The largest absolute Gasteiger partial charge is 1.00 e. The molecule has 2 saturated carbocycles. The summed E-state index contributed by atoms with van der Waals surface area (Å²) in [5.74, 6) is -1.32. The second-order valence-electron chi connectivity index (χ2n) is 40.0. The number of hydrogen-bond acceptors (Lipinski definition) is 24. The summed E-state index contributed by atoms with van der Waals surface area (Å²) in [6, 6.07) is 30.8. The Kier molecular flexibility index (Phi) is 43.3. The molecule has 7 heterocycles. The van der Waals surface area contributed by atoms with Crippen LogP contribution >= 0.6 is 0 Å². The number of nitrogen functional groups attached to an aromatic ring is 1. The molecule has 0 saturated heterocycles. The van der Waals surface area contributed by atoms with Crippen LogP contribution in [-0.4, -0.2) is 144 Å². The molecule has 764 valence electrons. The van der Waals surface area contributed by atoms with E-state index in [-0.39, 0.29) is 148 Å². The van der Waals surface area contributed by atoms with E-state index >= 15 is 0 Å². The number of aliphatic carboxylic acids is 1. The number of nitrogens with one attached hydrogen (secondary N) is 3. The Hall–Kier alpha value is -12.5. The fraction of sp³-hybridized carbons (Fsp3) is 0.495. The maximum Gasteiger partial charge on any atom is 1.00 e. The molecule has 0 spiro atoms. The first-order valence-corrected chi connectivity index (χ1v) is 47.2. The third-order valence-electron chi connectivity index (χ3n) is 25.5. The van der Waals surface area contributed by atoms with Gasteiger partial charge in [-0.1, -0.05) is 12.8 Å². The van der Waals surface area contributed by atoms with Gasteiger partial charge < -0.3 is 83.3 Å². The molecule has 1 aromatic heterocycles. The predicted molar refractivity (Wildman–Crippen MR) is 542 cm³/mol. The number of fused-ring (bicyclic) bond motifs is 9. The van der Waals surface area contributed by atoms with Gasteiger partial charge in [0.1, 0.15) is 5.71 Å². The van der Waals surface area contributed by atoms with Crippen LogP contribution in [0.4, 0.5) is 62.6 Å². The summed E-state index contributed by atoms with van der Waals surface area (Å²) in [5.41, 5.74) is 22.3. The Balaban J connectivity index is 0.000000340. The zero-order valence-electron chi connectivity index (χ0n) is 87.1. The number of amides is 6. The van der Waals surface area contributed by atoms with Crippen LogP contribution in [-0.2, 0) is 96.4 Å². The number of benzene rings is 6. The molecule has 9 aliphatic rings. The number of Topliss-reactive ketones (excluding diaryl/α,β-unsaturated/α-hetero) is 3. The number of allylic oxidation sites excluding steroid dienone is 1. The quantitative estimate of drug-likeness (QED) is 0.00668. The molecule has 3 aliphatic carbocycles. The summed E-state index contributed by atoms with van der Waals surface area (Å²) in [6.07, 6.45) is 13.4. The average molecular weight is 1990 g/mol. The van der Waals surface area contributed by atoms with Crippen molar-refractivity contribution in [3.05, 3.63) is 185 Å². The van der Waals surface area contributed by atoms with Crippen LogP contribution in [0.25, 0.3) is 15.9 Å². The number of aliphatic hydroxyl groups is 2. The molecule has 37 heteroatoms. The smallest absolute Gasteiger partial charge is 1.00 e. The molecule has 0 radical (unpaired) electrons. The number of hydrogen-bond donors (Lipinski definition) is 6. The minimum absolute atomic E-state index is 0. The van der Waals surface area contributed by atoms with E-state index in [9.17, 15) is 73.0 Å². The third kappa shape index (κ3) is 27.5. The molecule has 0 unspecified atom stereocenters. The number of carboxylic acid groups (broad SMARTS) is 1. The van der Waals surface area contributed by atoms with Gasteiger partial charge >= 0.3 is 47.2 Å². The van der Waals surface area contributed by atoms with Gasteiger partial charge in [0, 0.05) is 169 Å². The second-order valence-corrected chi connectivity index (χ2v) is 40.0. The zero-order valence-corrected chi connectivity index (χ0v) is 89.8. The Bertz CT molecular complexity index is 6000. The SMILES string of the molecule is CC(=O)OC(C)=O.CC(=O)[O-].CC(C)N1C(=O)C(C)(C)c2cc(N)ccc21.CC(C)N1C(=O)C(C)(C)c2cc(N/N=C3\CCCCCC3=O)ccc21.CC(C)N1C(=O)C(C)(C)c2cc([N+]#N)ccc21.CC(C)N1C(=O)C(C)(C)c2cc([N+](=O)[O-])ccc21.CC(C)N1C(=O)C(C)(C)c2cc3[nH]c4c(c3cc21)CCCCC4=O.CC1(C)C(=O)Nc2ccc([N+](=O)[O-])cc21.CCO.O.O=C1CCCCC/C1=C\O.[Cl-].[Na+]. The molecule has 9 N–H and O–H groups in total. The van der Waals surface area contributed by atoms with E-state index in [0.717, 1.165) is 168 Å². The standard InChI is InChI=1S/C20H27N3O2.C20H24N2O2.C13H16N3O.C13H16N2O3.C13H18N2O.C10H10N2O3.C8H12O2.C4H6O3.C2H4O2.C2H6O.ClH.Na.H2O/c1-13(2)23-17-11-10-14(12-15(17)20(3,4)19(23)25)21-22-16-8-6-5-7-9-18(16)24;1-11(2)22-16-9-13-12-7-5-6-8-17(23)18(12)21-15(13)10-14(16)20(3,4)19(22)24;1-8(2)16-11-6-5-9(15-14)7-10(11)13(3,4)12(16)17;1-8(2)14-11-6-5-9(15(17)18)7-10(11)13(3,4)12(14)16;1-8(2)15-11-6-5-9(14)7-10(11)13(3,4)12(15)16;1-10(2)7-5-6(12(14)15)3-4-8(7)11-9(10)13;9-6-7-4-2-1-3-5-8(7)10;1-3(5)7-4(2)6;1-2(3)4;1-2-3;;;/h10-13,21H,5-9H2,1-4H3;9-11,21H,5-8H2,1-4H3;5-8H,1-4H3;5-8H,1-4H3;5-8H,14H2,1-4H3;3-5H,1-2H3,(H,11,13);6,9H,1-5H2;1-2H3;1H3,(H,3,4);3H,2H2,1H3;1H;;1H2/q;;+1;;;;;;;;;+1;/p-2/b22-16+;;;;;;7-6+;;;;;;. The molecule has 142 heavy (non-hydrogen) atoms. The number of hydrazone groups is 1. The number of nitrogens with zero attached hydrogens (tertiary/aromatic N) is 10. The number of carbonyl (C=O) groups excluding carboxylic acids is 12. The van der Waals surface area contributed by atoms with Crippen molar-refractivity contribution < 1.29 is 135 Å². The number of nitro benzene ring substituents is 2. The number of ether oxygens (including phenoxy) is 1. The van der Waals surface area contributed by atoms with Crippen LogP contribution in [0.2, 0.25) is 0 Å². The summed E-state index contributed by atoms with van der Waals surface area (Å²) in [5, 5.41) is 63.4. The predicted octanol–water partition coefficient (Wildman–Crippen LogP) is 12.1. The van der Waals surface area contributed by atoms with Gasteiger partial charge in [0.25, 0.3) is 11.4 Å². The molecule has 6 amide bonds. The van der Waals surface area contributed by atoms with Crippen LogP contribution in [0.15, 0.2) is 120 Å². The van der Waals surface area contributed by atoms with Crippen molar-refractivity contribution in [3.8, 4) is 0 Å². The van der Waals surface area contributed by atoms with Crippen molar-refractivity contribution in [2.45, 2.75) is 333 Å². The fourth-order valence-corrected chi connectivity index (χ4v) is 18.0. The van der Waals surface area contributed by atoms with Crippen molar-refractivity contribution in [3.63, 3.8) is 0 Å². The fourth-order valence-electron chi connectivity index (χ4n) is 18.0. The number of aliphatic hydroxyl groups excluding tert-OH is 2. The summed E-state index contributed by atoms with van der Waals surface area (Å²) in [4.78, 5) is 174. The molecular weight excluding hydrogens is 1850 g/mol. The van der Waals surface area contributed by atoms with Crippen LogP contribution in [0.3, 0.4) is 0 Å². The number of diazo groups is 1. The first-order chi connectivity index (χ1) is 64.7. The number of nitrogens with two attached hydrogens (primary N) is 1. The molecule has 16 rings (SSSR count). The number of non-ortho nitro benzene ring substituents is 2. The van der Waals surface area contributed by atoms with E-state index in [1.807, 2.05) is 168 Å². The molecule has 2 fully saturated rings. The molecule has 35 nitrogen and oxygen atoms in total. The van der Waals surface area contributed by atoms with E-state index < -0.39 is 60.2 Å². The number of halogens is 1. The molecule has 0 bridgehead atoms.